The van der Waals surface area contributed by atoms with Crippen LogP contribution in [0.1, 0.15) is 18.4 Å². The first-order chi connectivity index (χ1) is 11.2. The number of rotatable bonds is 8. The number of fused-ring (bicyclic) bond motifs is 1. The molecule has 2 aromatic rings. The van der Waals surface area contributed by atoms with Gasteiger partial charge in [-0.15, -0.1) is 0 Å². The first-order valence-corrected chi connectivity index (χ1v) is 8.74. The maximum absolute atomic E-state index is 12.1. The average Bonchev–Trinajstić information content (AvgIpc) is 2.59. The summed E-state index contributed by atoms with van der Waals surface area (Å²) in [5.74, 6) is 1.67. The molecule has 0 aliphatic rings. The third kappa shape index (κ3) is 4.88. The fraction of sp³-hybridized carbons (Fsp3) is 0.389. The van der Waals surface area contributed by atoms with E-state index in [2.05, 4.69) is 0 Å². The third-order valence-corrected chi connectivity index (χ3v) is 4.56. The van der Waals surface area contributed by atoms with E-state index in [1.165, 1.54) is 0 Å². The molecule has 2 aromatic carbocycles. The van der Waals surface area contributed by atoms with Crippen molar-refractivity contribution in [1.29, 1.82) is 0 Å². The number of methoxy groups -OCH3 is 1. The van der Waals surface area contributed by atoms with E-state index in [0.717, 1.165) is 22.1 Å². The summed E-state index contributed by atoms with van der Waals surface area (Å²) >= 11 is 1.57. The predicted molar refractivity (Wildman–Crippen MR) is 94.3 cm³/mol. The zero-order valence-corrected chi connectivity index (χ0v) is 14.3. The topological polar surface area (TPSA) is 55.8 Å². The van der Waals surface area contributed by atoms with Gasteiger partial charge in [0.05, 0.1) is 19.6 Å². The number of ether oxygens (including phenoxy) is 2. The molecule has 4 nitrogen and oxygen atoms in total. The number of carbonyl (C=O) groups is 1. The Kier molecular flexibility index (Phi) is 6.74. The number of esters is 1. The number of carbonyl (C=O) groups excluding carboxylic acids is 1. The molecule has 1 N–H and O–H groups in total. The Bertz CT molecular complexity index is 657. The van der Waals surface area contributed by atoms with Crippen molar-refractivity contribution in [2.24, 2.45) is 0 Å². The highest BCUT2D eigenvalue weighted by molar-refractivity contribution is 7.99. The van der Waals surface area contributed by atoms with Crippen LogP contribution in [0.4, 0.5) is 0 Å². The van der Waals surface area contributed by atoms with Crippen molar-refractivity contribution in [1.82, 2.24) is 0 Å². The molecular weight excluding hydrogens is 312 g/mol. The number of benzene rings is 2. The van der Waals surface area contributed by atoms with Gasteiger partial charge in [0, 0.05) is 11.5 Å². The molecule has 23 heavy (non-hydrogen) atoms. The Morgan fingerprint density at radius 1 is 1.17 bits per heavy atom. The largest absolute Gasteiger partial charge is 0.497 e. The molecule has 124 valence electrons. The van der Waals surface area contributed by atoms with E-state index in [-0.39, 0.29) is 18.5 Å². The van der Waals surface area contributed by atoms with Crippen molar-refractivity contribution < 1.29 is 19.4 Å². The molecule has 0 amide bonds. The molecule has 0 aliphatic carbocycles. The smallest absolute Gasteiger partial charge is 0.313 e. The SMILES string of the molecule is COc1ccc2cc(C(C)C(=O)OCCSCCO)ccc2c1. The summed E-state index contributed by atoms with van der Waals surface area (Å²) in [6.45, 7) is 2.38. The highest BCUT2D eigenvalue weighted by atomic mass is 32.2. The maximum atomic E-state index is 12.1. The molecule has 0 saturated heterocycles. The molecule has 0 spiro atoms. The molecule has 0 saturated carbocycles. The molecule has 2 rings (SSSR count). The van der Waals surface area contributed by atoms with Crippen LogP contribution in [0, 0.1) is 0 Å². The molecule has 0 heterocycles. The van der Waals surface area contributed by atoms with Gasteiger partial charge in [-0.1, -0.05) is 24.3 Å². The van der Waals surface area contributed by atoms with E-state index in [0.29, 0.717) is 18.1 Å². The minimum atomic E-state index is -0.302. The van der Waals surface area contributed by atoms with Gasteiger partial charge >= 0.3 is 5.97 Å². The van der Waals surface area contributed by atoms with Crippen LogP contribution in [0.3, 0.4) is 0 Å². The average molecular weight is 334 g/mol. The Balaban J connectivity index is 1.99. The van der Waals surface area contributed by atoms with Gasteiger partial charge in [-0.2, -0.15) is 11.8 Å². The second-order valence-corrected chi connectivity index (χ2v) is 6.42. The molecule has 0 fully saturated rings. The Morgan fingerprint density at radius 3 is 2.65 bits per heavy atom. The van der Waals surface area contributed by atoms with Gasteiger partial charge in [0.15, 0.2) is 0 Å². The van der Waals surface area contributed by atoms with Gasteiger partial charge in [0.2, 0.25) is 0 Å². The first-order valence-electron chi connectivity index (χ1n) is 7.58. The Hall–Kier alpha value is -1.72. The number of hydrogen-bond acceptors (Lipinski definition) is 5. The van der Waals surface area contributed by atoms with Crippen LogP contribution in [0.5, 0.6) is 5.75 Å². The molecule has 0 bridgehead atoms. The summed E-state index contributed by atoms with van der Waals surface area (Å²) in [7, 11) is 1.65. The molecule has 5 heteroatoms. The van der Waals surface area contributed by atoms with Crippen LogP contribution in [0.2, 0.25) is 0 Å². The Labute approximate surface area is 140 Å². The molecule has 1 atom stereocenters. The van der Waals surface area contributed by atoms with Crippen LogP contribution in [-0.4, -0.2) is 42.9 Å². The lowest BCUT2D eigenvalue weighted by Gasteiger charge is -2.13. The van der Waals surface area contributed by atoms with Crippen LogP contribution >= 0.6 is 11.8 Å². The second-order valence-electron chi connectivity index (χ2n) is 5.20. The van der Waals surface area contributed by atoms with E-state index < -0.39 is 0 Å². The number of aliphatic hydroxyl groups is 1. The van der Waals surface area contributed by atoms with Gasteiger partial charge in [0.1, 0.15) is 12.4 Å². The van der Waals surface area contributed by atoms with Crippen molar-refractivity contribution in [2.75, 3.05) is 31.8 Å². The number of hydrogen-bond donors (Lipinski definition) is 1. The van der Waals surface area contributed by atoms with Crippen LogP contribution < -0.4 is 4.74 Å². The van der Waals surface area contributed by atoms with Crippen molar-refractivity contribution >= 4 is 28.5 Å². The summed E-state index contributed by atoms with van der Waals surface area (Å²) in [4.78, 5) is 12.1. The van der Waals surface area contributed by atoms with E-state index in [4.69, 9.17) is 14.6 Å². The van der Waals surface area contributed by atoms with Crippen LogP contribution in [0.25, 0.3) is 10.8 Å². The van der Waals surface area contributed by atoms with E-state index in [1.54, 1.807) is 18.9 Å². The molecule has 0 aromatic heterocycles. The maximum Gasteiger partial charge on any atom is 0.313 e. The van der Waals surface area contributed by atoms with Crippen molar-refractivity contribution in [3.05, 3.63) is 42.0 Å². The highest BCUT2D eigenvalue weighted by Gasteiger charge is 2.17. The van der Waals surface area contributed by atoms with Crippen LogP contribution in [0.15, 0.2) is 36.4 Å². The lowest BCUT2D eigenvalue weighted by Crippen LogP contribution is -2.15. The zero-order valence-electron chi connectivity index (χ0n) is 13.5. The van der Waals surface area contributed by atoms with Gasteiger partial charge in [-0.25, -0.2) is 0 Å². The molecule has 1 unspecified atom stereocenters. The van der Waals surface area contributed by atoms with E-state index >= 15 is 0 Å². The second kappa shape index (κ2) is 8.79. The molecule has 0 aliphatic heterocycles. The quantitative estimate of drug-likeness (QED) is 0.593. The van der Waals surface area contributed by atoms with Gasteiger partial charge in [-0.05, 0) is 35.4 Å². The minimum Gasteiger partial charge on any atom is -0.497 e. The fourth-order valence-corrected chi connectivity index (χ4v) is 2.80. The van der Waals surface area contributed by atoms with Crippen molar-refractivity contribution in [2.45, 2.75) is 12.8 Å². The summed E-state index contributed by atoms with van der Waals surface area (Å²) in [6.07, 6.45) is 0. The van der Waals surface area contributed by atoms with Gasteiger partial charge in [-0.3, -0.25) is 4.79 Å². The molecule has 0 radical (unpaired) electrons. The lowest BCUT2D eigenvalue weighted by molar-refractivity contribution is -0.144. The zero-order chi connectivity index (χ0) is 16.7. The fourth-order valence-electron chi connectivity index (χ4n) is 2.27. The minimum absolute atomic E-state index is 0.150. The lowest BCUT2D eigenvalue weighted by atomic mass is 9.98. The standard InChI is InChI=1S/C18H22O4S/c1-13(18(20)22-8-10-23-9-7-19)14-3-4-16-12-17(21-2)6-5-15(16)11-14/h3-6,11-13,19H,7-10H2,1-2H3. The first kappa shape index (κ1) is 17.6. The third-order valence-electron chi connectivity index (χ3n) is 3.63. The summed E-state index contributed by atoms with van der Waals surface area (Å²) < 4.78 is 10.5. The highest BCUT2D eigenvalue weighted by Crippen LogP contribution is 2.25. The summed E-state index contributed by atoms with van der Waals surface area (Å²) in [6, 6.07) is 11.8. The van der Waals surface area contributed by atoms with E-state index in [9.17, 15) is 4.79 Å². The normalized spacial score (nSPS) is 12.1. The van der Waals surface area contributed by atoms with Crippen molar-refractivity contribution in [3.8, 4) is 5.75 Å². The van der Waals surface area contributed by atoms with E-state index in [1.807, 2.05) is 43.3 Å². The molecular formula is C18H22O4S. The van der Waals surface area contributed by atoms with Crippen molar-refractivity contribution in [3.63, 3.8) is 0 Å². The summed E-state index contributed by atoms with van der Waals surface area (Å²) in [5, 5.41) is 10.8. The summed E-state index contributed by atoms with van der Waals surface area (Å²) in [5.41, 5.74) is 0.940. The number of thioether (sulfide) groups is 1. The monoisotopic (exact) mass is 334 g/mol. The predicted octanol–water partition coefficient (Wildman–Crippen LogP) is 3.22. The Morgan fingerprint density at radius 2 is 1.91 bits per heavy atom. The van der Waals surface area contributed by atoms with Gasteiger partial charge < -0.3 is 14.6 Å². The van der Waals surface area contributed by atoms with Crippen LogP contribution in [-0.2, 0) is 9.53 Å². The van der Waals surface area contributed by atoms with Gasteiger partial charge in [0.25, 0.3) is 0 Å². The number of aliphatic hydroxyl groups excluding tert-OH is 1.